The fourth-order valence-corrected chi connectivity index (χ4v) is 1.77. The Morgan fingerprint density at radius 1 is 1.10 bits per heavy atom. The summed E-state index contributed by atoms with van der Waals surface area (Å²) >= 11 is 0. The molecule has 1 amide bonds. The minimum atomic E-state index is -0.401. The van der Waals surface area contributed by atoms with E-state index in [1.165, 1.54) is 0 Å². The molecule has 0 saturated carbocycles. The maximum atomic E-state index is 11.9. The van der Waals surface area contributed by atoms with Gasteiger partial charge in [0.05, 0.1) is 5.56 Å². The lowest BCUT2D eigenvalue weighted by Crippen LogP contribution is -2.23. The van der Waals surface area contributed by atoms with E-state index in [9.17, 15) is 4.79 Å². The zero-order chi connectivity index (χ0) is 14.5. The third-order valence-electron chi connectivity index (χ3n) is 2.82. The Hall–Kier alpha value is -3.02. The van der Waals surface area contributed by atoms with Crippen LogP contribution in [0.2, 0.25) is 0 Å². The average Bonchev–Trinajstić information content (AvgIpc) is 3.04. The van der Waals surface area contributed by atoms with E-state index in [1.54, 1.807) is 24.5 Å². The van der Waals surface area contributed by atoms with Gasteiger partial charge in [0.15, 0.2) is 0 Å². The van der Waals surface area contributed by atoms with Crippen molar-refractivity contribution >= 4 is 5.91 Å². The molecule has 1 aromatic carbocycles. The molecule has 21 heavy (non-hydrogen) atoms. The van der Waals surface area contributed by atoms with Gasteiger partial charge in [0.25, 0.3) is 0 Å². The normalized spacial score (nSPS) is 10.3. The van der Waals surface area contributed by atoms with E-state index in [2.05, 4.69) is 20.5 Å². The molecule has 6 nitrogen and oxygen atoms in total. The first kappa shape index (κ1) is 13.0. The van der Waals surface area contributed by atoms with Gasteiger partial charge in [-0.15, -0.1) is 10.2 Å². The summed E-state index contributed by atoms with van der Waals surface area (Å²) in [5.41, 5.74) is 1.67. The van der Waals surface area contributed by atoms with Gasteiger partial charge in [0.1, 0.15) is 0 Å². The Morgan fingerprint density at radius 3 is 2.71 bits per heavy atom. The Labute approximate surface area is 120 Å². The highest BCUT2D eigenvalue weighted by atomic mass is 16.4. The molecule has 0 radical (unpaired) electrons. The van der Waals surface area contributed by atoms with Gasteiger partial charge in [0, 0.05) is 18.9 Å². The number of pyridine rings is 1. The van der Waals surface area contributed by atoms with Gasteiger partial charge in [-0.1, -0.05) is 30.3 Å². The highest BCUT2D eigenvalue weighted by Gasteiger charge is 2.15. The maximum Gasteiger partial charge on any atom is 0.309 e. The number of rotatable bonds is 4. The first-order valence-electron chi connectivity index (χ1n) is 6.39. The number of benzene rings is 1. The standard InChI is InChI=1S/C15H12N4O2/c20-13(17-9-11-5-2-1-3-6-11)15-19-18-14(21-15)12-7-4-8-16-10-12/h1-8,10H,9H2,(H,17,20). The monoisotopic (exact) mass is 280 g/mol. The van der Waals surface area contributed by atoms with Crippen molar-refractivity contribution in [2.24, 2.45) is 0 Å². The molecule has 2 aromatic heterocycles. The van der Waals surface area contributed by atoms with Gasteiger partial charge in [-0.05, 0) is 17.7 Å². The molecule has 0 fully saturated rings. The summed E-state index contributed by atoms with van der Waals surface area (Å²) in [6.45, 7) is 0.407. The van der Waals surface area contributed by atoms with Crippen molar-refractivity contribution in [1.82, 2.24) is 20.5 Å². The summed E-state index contributed by atoms with van der Waals surface area (Å²) < 4.78 is 5.35. The fraction of sp³-hybridized carbons (Fsp3) is 0.0667. The molecular weight excluding hydrogens is 268 g/mol. The van der Waals surface area contributed by atoms with Crippen LogP contribution in [-0.4, -0.2) is 21.1 Å². The molecule has 0 bridgehead atoms. The minimum Gasteiger partial charge on any atom is -0.412 e. The van der Waals surface area contributed by atoms with Gasteiger partial charge < -0.3 is 9.73 Å². The van der Waals surface area contributed by atoms with Crippen molar-refractivity contribution in [1.29, 1.82) is 0 Å². The topological polar surface area (TPSA) is 80.9 Å². The van der Waals surface area contributed by atoms with Crippen LogP contribution in [0.25, 0.3) is 11.5 Å². The molecule has 0 aliphatic heterocycles. The summed E-state index contributed by atoms with van der Waals surface area (Å²) in [6, 6.07) is 13.1. The number of carbonyl (C=O) groups is 1. The molecule has 3 aromatic rings. The third-order valence-corrected chi connectivity index (χ3v) is 2.82. The third kappa shape index (κ3) is 3.11. The van der Waals surface area contributed by atoms with Crippen LogP contribution in [0.1, 0.15) is 16.2 Å². The Kier molecular flexibility index (Phi) is 3.68. The van der Waals surface area contributed by atoms with Gasteiger partial charge in [-0.25, -0.2) is 0 Å². The number of nitrogens with one attached hydrogen (secondary N) is 1. The second-order valence-electron chi connectivity index (χ2n) is 4.32. The number of nitrogens with zero attached hydrogens (tertiary/aromatic N) is 3. The van der Waals surface area contributed by atoms with E-state index in [0.29, 0.717) is 12.1 Å². The first-order chi connectivity index (χ1) is 10.3. The maximum absolute atomic E-state index is 11.9. The van der Waals surface area contributed by atoms with Crippen molar-refractivity contribution in [3.63, 3.8) is 0 Å². The van der Waals surface area contributed by atoms with Crippen LogP contribution in [0.15, 0.2) is 59.3 Å². The van der Waals surface area contributed by atoms with Crippen LogP contribution in [0, 0.1) is 0 Å². The average molecular weight is 280 g/mol. The summed E-state index contributed by atoms with van der Waals surface area (Å²) in [5.74, 6) is -0.195. The van der Waals surface area contributed by atoms with Crippen LogP contribution < -0.4 is 5.32 Å². The minimum absolute atomic E-state index is 0.0650. The lowest BCUT2D eigenvalue weighted by atomic mass is 10.2. The largest absolute Gasteiger partial charge is 0.412 e. The molecule has 3 rings (SSSR count). The molecule has 0 unspecified atom stereocenters. The molecular formula is C15H12N4O2. The molecule has 0 atom stereocenters. The number of amides is 1. The lowest BCUT2D eigenvalue weighted by Gasteiger charge is -2.01. The molecule has 0 spiro atoms. The highest BCUT2D eigenvalue weighted by molar-refractivity contribution is 5.89. The summed E-state index contributed by atoms with van der Waals surface area (Å²) in [6.07, 6.45) is 3.24. The smallest absolute Gasteiger partial charge is 0.309 e. The number of hydrogen-bond acceptors (Lipinski definition) is 5. The van der Waals surface area contributed by atoms with Crippen LogP contribution >= 0.6 is 0 Å². The van der Waals surface area contributed by atoms with Crippen molar-refractivity contribution in [2.75, 3.05) is 0 Å². The van der Waals surface area contributed by atoms with Crippen molar-refractivity contribution in [3.8, 4) is 11.5 Å². The second-order valence-corrected chi connectivity index (χ2v) is 4.32. The van der Waals surface area contributed by atoms with E-state index < -0.39 is 5.91 Å². The predicted octanol–water partition coefficient (Wildman–Crippen LogP) is 2.06. The van der Waals surface area contributed by atoms with E-state index in [-0.39, 0.29) is 11.8 Å². The molecule has 2 heterocycles. The van der Waals surface area contributed by atoms with Crippen LogP contribution in [0.4, 0.5) is 0 Å². The van der Waals surface area contributed by atoms with E-state index in [4.69, 9.17) is 4.42 Å². The number of hydrogen-bond donors (Lipinski definition) is 1. The summed E-state index contributed by atoms with van der Waals surface area (Å²) in [7, 11) is 0. The Bertz CT molecular complexity index is 726. The summed E-state index contributed by atoms with van der Waals surface area (Å²) in [4.78, 5) is 15.9. The number of aromatic nitrogens is 3. The Morgan fingerprint density at radius 2 is 1.95 bits per heavy atom. The zero-order valence-corrected chi connectivity index (χ0v) is 11.1. The van der Waals surface area contributed by atoms with Gasteiger partial charge in [-0.2, -0.15) is 0 Å². The molecule has 0 aliphatic rings. The van der Waals surface area contributed by atoms with Crippen molar-refractivity contribution in [3.05, 3.63) is 66.3 Å². The zero-order valence-electron chi connectivity index (χ0n) is 11.1. The fourth-order valence-electron chi connectivity index (χ4n) is 1.77. The predicted molar refractivity (Wildman–Crippen MR) is 75.1 cm³/mol. The lowest BCUT2D eigenvalue weighted by molar-refractivity contribution is 0.0917. The Balaban J connectivity index is 1.67. The highest BCUT2D eigenvalue weighted by Crippen LogP contribution is 2.15. The summed E-state index contributed by atoms with van der Waals surface area (Å²) in [5, 5.41) is 10.3. The van der Waals surface area contributed by atoms with Gasteiger partial charge in [-0.3, -0.25) is 9.78 Å². The van der Waals surface area contributed by atoms with Crippen molar-refractivity contribution < 1.29 is 9.21 Å². The van der Waals surface area contributed by atoms with Crippen LogP contribution in [0.5, 0.6) is 0 Å². The molecule has 1 N–H and O–H groups in total. The number of carbonyl (C=O) groups excluding carboxylic acids is 1. The first-order valence-corrected chi connectivity index (χ1v) is 6.39. The molecule has 0 aliphatic carbocycles. The van der Waals surface area contributed by atoms with E-state index in [0.717, 1.165) is 5.56 Å². The second kappa shape index (κ2) is 5.96. The van der Waals surface area contributed by atoms with Gasteiger partial charge >= 0.3 is 11.8 Å². The van der Waals surface area contributed by atoms with Crippen molar-refractivity contribution in [2.45, 2.75) is 6.54 Å². The molecule has 104 valence electrons. The quantitative estimate of drug-likeness (QED) is 0.791. The SMILES string of the molecule is O=C(NCc1ccccc1)c1nnc(-c2cccnc2)o1. The van der Waals surface area contributed by atoms with E-state index >= 15 is 0 Å². The van der Waals surface area contributed by atoms with Crippen LogP contribution in [0.3, 0.4) is 0 Å². The molecule has 0 saturated heterocycles. The van der Waals surface area contributed by atoms with E-state index in [1.807, 2.05) is 30.3 Å². The van der Waals surface area contributed by atoms with Crippen LogP contribution in [-0.2, 0) is 6.54 Å². The molecule has 6 heteroatoms. The van der Waals surface area contributed by atoms with Gasteiger partial charge in [0.2, 0.25) is 5.89 Å².